The molecule has 30 heavy (non-hydrogen) atoms. The van der Waals surface area contributed by atoms with Gasteiger partial charge in [0.2, 0.25) is 5.91 Å². The lowest BCUT2D eigenvalue weighted by Crippen LogP contribution is -2.38. The highest BCUT2D eigenvalue weighted by Crippen LogP contribution is 2.25. The zero-order chi connectivity index (χ0) is 21.3. The lowest BCUT2D eigenvalue weighted by molar-refractivity contribution is -0.120. The van der Waals surface area contributed by atoms with Crippen LogP contribution in [0.4, 0.5) is 11.5 Å². The van der Waals surface area contributed by atoms with Gasteiger partial charge in [0.15, 0.2) is 11.6 Å². The van der Waals surface area contributed by atoms with Gasteiger partial charge in [0, 0.05) is 35.4 Å². The fourth-order valence-electron chi connectivity index (χ4n) is 3.80. The SMILES string of the molecule is Cc1cc(C)n(-c2ccc(N3CCC(C(=O)Nc4cc(Cl)ccc4C)CC3)nn2)n1. The van der Waals surface area contributed by atoms with Crippen LogP contribution < -0.4 is 10.2 Å². The van der Waals surface area contributed by atoms with Crippen LogP contribution >= 0.6 is 11.6 Å². The van der Waals surface area contributed by atoms with E-state index in [-0.39, 0.29) is 11.8 Å². The Labute approximate surface area is 181 Å². The number of anilines is 2. The predicted octanol–water partition coefficient (Wildman–Crippen LogP) is 4.10. The van der Waals surface area contributed by atoms with Gasteiger partial charge in [-0.3, -0.25) is 4.79 Å². The number of benzene rings is 1. The van der Waals surface area contributed by atoms with Gasteiger partial charge in [-0.1, -0.05) is 17.7 Å². The molecule has 4 rings (SSSR count). The second kappa shape index (κ2) is 8.44. The Morgan fingerprint density at radius 3 is 2.37 bits per heavy atom. The maximum atomic E-state index is 12.7. The summed E-state index contributed by atoms with van der Waals surface area (Å²) in [5.41, 5.74) is 3.76. The molecule has 0 saturated carbocycles. The maximum Gasteiger partial charge on any atom is 0.227 e. The molecule has 0 radical (unpaired) electrons. The van der Waals surface area contributed by atoms with E-state index >= 15 is 0 Å². The average molecular weight is 425 g/mol. The molecule has 3 heterocycles. The Morgan fingerprint density at radius 1 is 1.03 bits per heavy atom. The highest BCUT2D eigenvalue weighted by Gasteiger charge is 2.26. The molecule has 1 fully saturated rings. The lowest BCUT2D eigenvalue weighted by atomic mass is 9.95. The van der Waals surface area contributed by atoms with E-state index in [4.69, 9.17) is 11.6 Å². The number of hydrogen-bond donors (Lipinski definition) is 1. The molecule has 8 heteroatoms. The summed E-state index contributed by atoms with van der Waals surface area (Å²) in [6.45, 7) is 7.44. The number of carbonyl (C=O) groups is 1. The minimum Gasteiger partial charge on any atom is -0.355 e. The largest absolute Gasteiger partial charge is 0.355 e. The summed E-state index contributed by atoms with van der Waals surface area (Å²) in [5, 5.41) is 16.8. The number of carbonyl (C=O) groups excluding carboxylic acids is 1. The molecule has 0 bridgehead atoms. The zero-order valence-corrected chi connectivity index (χ0v) is 18.1. The number of nitrogens with zero attached hydrogens (tertiary/aromatic N) is 5. The minimum atomic E-state index is -0.0263. The molecule has 156 valence electrons. The van der Waals surface area contributed by atoms with Crippen molar-refractivity contribution < 1.29 is 4.79 Å². The van der Waals surface area contributed by atoms with Gasteiger partial charge in [-0.15, -0.1) is 10.2 Å². The van der Waals surface area contributed by atoms with Crippen LogP contribution in [0.25, 0.3) is 5.82 Å². The van der Waals surface area contributed by atoms with Crippen molar-refractivity contribution in [2.75, 3.05) is 23.3 Å². The van der Waals surface area contributed by atoms with Crippen molar-refractivity contribution in [1.82, 2.24) is 20.0 Å². The lowest BCUT2D eigenvalue weighted by Gasteiger charge is -2.32. The van der Waals surface area contributed by atoms with Crippen LogP contribution in [0, 0.1) is 26.7 Å². The molecule has 1 saturated heterocycles. The maximum absolute atomic E-state index is 12.7. The van der Waals surface area contributed by atoms with E-state index in [1.165, 1.54) is 0 Å². The zero-order valence-electron chi connectivity index (χ0n) is 17.4. The molecule has 1 aliphatic heterocycles. The summed E-state index contributed by atoms with van der Waals surface area (Å²) in [6, 6.07) is 11.4. The molecule has 0 spiro atoms. The van der Waals surface area contributed by atoms with Gasteiger partial charge in [0.05, 0.1) is 5.69 Å². The summed E-state index contributed by atoms with van der Waals surface area (Å²) in [4.78, 5) is 14.9. The number of piperidine rings is 1. The minimum absolute atomic E-state index is 0.0263. The first-order valence-electron chi connectivity index (χ1n) is 10.1. The Balaban J connectivity index is 1.36. The second-order valence-corrected chi connectivity index (χ2v) is 8.23. The van der Waals surface area contributed by atoms with Crippen molar-refractivity contribution in [3.63, 3.8) is 0 Å². The van der Waals surface area contributed by atoms with Crippen molar-refractivity contribution in [2.24, 2.45) is 5.92 Å². The topological polar surface area (TPSA) is 75.9 Å². The first-order valence-corrected chi connectivity index (χ1v) is 10.5. The second-order valence-electron chi connectivity index (χ2n) is 7.80. The van der Waals surface area contributed by atoms with E-state index in [1.807, 2.05) is 51.1 Å². The van der Waals surface area contributed by atoms with Gasteiger partial charge in [-0.25, -0.2) is 4.68 Å². The summed E-state index contributed by atoms with van der Waals surface area (Å²) >= 11 is 6.06. The average Bonchev–Trinajstić information content (AvgIpc) is 3.09. The van der Waals surface area contributed by atoms with Crippen molar-refractivity contribution in [3.8, 4) is 5.82 Å². The van der Waals surface area contributed by atoms with E-state index in [2.05, 4.69) is 25.5 Å². The molecule has 0 unspecified atom stereocenters. The Morgan fingerprint density at radius 2 is 1.73 bits per heavy atom. The molecule has 1 N–H and O–H groups in total. The number of nitrogens with one attached hydrogen (secondary N) is 1. The van der Waals surface area contributed by atoms with E-state index in [9.17, 15) is 4.79 Å². The number of amides is 1. The van der Waals surface area contributed by atoms with Crippen molar-refractivity contribution >= 4 is 29.0 Å². The van der Waals surface area contributed by atoms with Gasteiger partial charge < -0.3 is 10.2 Å². The molecule has 1 aromatic carbocycles. The van der Waals surface area contributed by atoms with Crippen LogP contribution in [0.1, 0.15) is 29.8 Å². The molecular formula is C22H25ClN6O. The Bertz CT molecular complexity index is 1050. The van der Waals surface area contributed by atoms with Crippen molar-refractivity contribution in [3.05, 3.63) is 58.4 Å². The first-order chi connectivity index (χ1) is 14.4. The van der Waals surface area contributed by atoms with Gasteiger partial charge in [-0.05, 0) is 69.5 Å². The fourth-order valence-corrected chi connectivity index (χ4v) is 3.97. The van der Waals surface area contributed by atoms with E-state index in [1.54, 1.807) is 10.7 Å². The van der Waals surface area contributed by atoms with Gasteiger partial charge in [0.1, 0.15) is 0 Å². The molecule has 0 aliphatic carbocycles. The number of halogens is 1. The quantitative estimate of drug-likeness (QED) is 0.682. The standard InChI is InChI=1S/C22H25ClN6O/c1-14-4-5-18(23)13-19(14)24-22(30)17-8-10-28(11-9-17)20-6-7-21(26-25-20)29-16(3)12-15(2)27-29/h4-7,12-13,17H,8-11H2,1-3H3,(H,24,30). The summed E-state index contributed by atoms with van der Waals surface area (Å²) in [5.74, 6) is 1.55. The first kappa shape index (κ1) is 20.3. The molecular weight excluding hydrogens is 400 g/mol. The normalized spacial score (nSPS) is 14.7. The van der Waals surface area contributed by atoms with Crippen molar-refractivity contribution in [1.29, 1.82) is 0 Å². The molecule has 1 aliphatic rings. The molecule has 3 aromatic rings. The van der Waals surface area contributed by atoms with Crippen LogP contribution in [-0.4, -0.2) is 39.0 Å². The van der Waals surface area contributed by atoms with Gasteiger partial charge >= 0.3 is 0 Å². The number of hydrogen-bond acceptors (Lipinski definition) is 5. The third kappa shape index (κ3) is 4.31. The van der Waals surface area contributed by atoms with Gasteiger partial charge in [-0.2, -0.15) is 5.10 Å². The van der Waals surface area contributed by atoms with Crippen LogP contribution in [0.2, 0.25) is 5.02 Å². The van der Waals surface area contributed by atoms with Crippen LogP contribution in [0.5, 0.6) is 0 Å². The van der Waals surface area contributed by atoms with E-state index < -0.39 is 0 Å². The molecule has 2 aromatic heterocycles. The van der Waals surface area contributed by atoms with Crippen LogP contribution in [0.15, 0.2) is 36.4 Å². The summed E-state index contributed by atoms with van der Waals surface area (Å²) in [6.07, 6.45) is 1.54. The molecule has 1 amide bonds. The number of rotatable bonds is 4. The van der Waals surface area contributed by atoms with Gasteiger partial charge in [0.25, 0.3) is 0 Å². The number of aryl methyl sites for hydroxylation is 3. The highest BCUT2D eigenvalue weighted by molar-refractivity contribution is 6.31. The van der Waals surface area contributed by atoms with E-state index in [0.717, 1.165) is 54.4 Å². The van der Waals surface area contributed by atoms with Crippen LogP contribution in [-0.2, 0) is 4.79 Å². The smallest absolute Gasteiger partial charge is 0.227 e. The molecule has 7 nitrogen and oxygen atoms in total. The predicted molar refractivity (Wildman–Crippen MR) is 118 cm³/mol. The third-order valence-corrected chi connectivity index (χ3v) is 5.75. The van der Waals surface area contributed by atoms with Crippen LogP contribution in [0.3, 0.4) is 0 Å². The van der Waals surface area contributed by atoms with Crippen molar-refractivity contribution in [2.45, 2.75) is 33.6 Å². The monoisotopic (exact) mass is 424 g/mol. The fraction of sp³-hybridized carbons (Fsp3) is 0.364. The Hall–Kier alpha value is -2.93. The number of aromatic nitrogens is 4. The summed E-state index contributed by atoms with van der Waals surface area (Å²) in [7, 11) is 0. The summed E-state index contributed by atoms with van der Waals surface area (Å²) < 4.78 is 1.79. The molecule has 0 atom stereocenters. The van der Waals surface area contributed by atoms with E-state index in [0.29, 0.717) is 10.8 Å². The third-order valence-electron chi connectivity index (χ3n) is 5.51. The Kier molecular flexibility index (Phi) is 5.72. The highest BCUT2D eigenvalue weighted by atomic mass is 35.5.